The second kappa shape index (κ2) is 8.05. The highest BCUT2D eigenvalue weighted by Crippen LogP contribution is 2.46. The third kappa shape index (κ3) is 3.70. The summed E-state index contributed by atoms with van der Waals surface area (Å²) in [6.45, 7) is 0.344. The Morgan fingerprint density at radius 3 is 2.72 bits per heavy atom. The number of nitrogens with one attached hydrogen (secondary N) is 2. The van der Waals surface area contributed by atoms with Crippen molar-refractivity contribution < 1.29 is 13.7 Å². The maximum absolute atomic E-state index is 13.3. The van der Waals surface area contributed by atoms with E-state index in [9.17, 15) is 4.79 Å². The van der Waals surface area contributed by atoms with Crippen LogP contribution in [-0.4, -0.2) is 23.1 Å². The molecule has 5 rings (SSSR count). The molecule has 29 heavy (non-hydrogen) atoms. The molecule has 0 unspecified atom stereocenters. The summed E-state index contributed by atoms with van der Waals surface area (Å²) in [6, 6.07) is 16.4. The lowest BCUT2D eigenvalue weighted by atomic mass is 9.69. The van der Waals surface area contributed by atoms with Gasteiger partial charge in [-0.2, -0.15) is 0 Å². The minimum absolute atomic E-state index is 0. The molecule has 2 N–H and O–H groups in total. The number of nitrogens with zero attached hydrogens (tertiary/aromatic N) is 1. The van der Waals surface area contributed by atoms with Gasteiger partial charge in [0.2, 0.25) is 11.7 Å². The van der Waals surface area contributed by atoms with Gasteiger partial charge in [0.1, 0.15) is 5.69 Å². The van der Waals surface area contributed by atoms with Crippen molar-refractivity contribution in [3.63, 3.8) is 0 Å². The summed E-state index contributed by atoms with van der Waals surface area (Å²) in [4.78, 5) is 13.3. The number of furan rings is 1. The molecule has 0 saturated carbocycles. The van der Waals surface area contributed by atoms with Crippen molar-refractivity contribution >= 4 is 18.3 Å². The molecule has 1 amide bonds. The topological polar surface area (TPSA) is 80.3 Å². The summed E-state index contributed by atoms with van der Waals surface area (Å²) < 4.78 is 10.7. The summed E-state index contributed by atoms with van der Waals surface area (Å²) in [5, 5.41) is 10.8. The first-order valence-electron chi connectivity index (χ1n) is 9.81. The molecule has 152 valence electrons. The van der Waals surface area contributed by atoms with Gasteiger partial charge < -0.3 is 19.6 Å². The van der Waals surface area contributed by atoms with Crippen molar-refractivity contribution in [3.8, 4) is 11.5 Å². The number of hydrogen-bond donors (Lipinski definition) is 2. The minimum atomic E-state index is -0.405. The molecule has 4 heterocycles. The molecule has 2 bridgehead atoms. The number of halogens is 1. The van der Waals surface area contributed by atoms with Gasteiger partial charge in [0, 0.05) is 18.2 Å². The molecule has 0 aliphatic carbocycles. The van der Waals surface area contributed by atoms with E-state index in [1.165, 1.54) is 5.56 Å². The lowest BCUT2D eigenvalue weighted by molar-refractivity contribution is -0.132. The molecule has 0 radical (unpaired) electrons. The quantitative estimate of drug-likeness (QED) is 0.643. The Morgan fingerprint density at radius 1 is 1.17 bits per heavy atom. The number of amides is 1. The van der Waals surface area contributed by atoms with E-state index in [2.05, 4.69) is 27.9 Å². The minimum Gasteiger partial charge on any atom is -0.461 e. The number of rotatable bonds is 6. The Hall–Kier alpha value is -2.57. The molecule has 2 fully saturated rings. The number of hydrogen-bond acceptors (Lipinski definition) is 5. The first kappa shape index (κ1) is 19.7. The Morgan fingerprint density at radius 2 is 2.03 bits per heavy atom. The van der Waals surface area contributed by atoms with Gasteiger partial charge in [0.15, 0.2) is 5.76 Å². The summed E-state index contributed by atoms with van der Waals surface area (Å²) >= 11 is 0. The third-order valence-electron chi connectivity index (χ3n) is 6.09. The predicted molar refractivity (Wildman–Crippen MR) is 110 cm³/mol. The fourth-order valence-corrected chi connectivity index (χ4v) is 4.76. The van der Waals surface area contributed by atoms with Crippen molar-refractivity contribution in [2.24, 2.45) is 5.41 Å². The highest BCUT2D eigenvalue weighted by Gasteiger charge is 2.55. The Bertz CT molecular complexity index is 957. The van der Waals surface area contributed by atoms with Crippen LogP contribution in [0.5, 0.6) is 0 Å². The van der Waals surface area contributed by atoms with Crippen LogP contribution in [0.4, 0.5) is 0 Å². The van der Waals surface area contributed by atoms with Crippen LogP contribution in [0.1, 0.15) is 30.5 Å². The van der Waals surface area contributed by atoms with Crippen molar-refractivity contribution in [3.05, 3.63) is 66.1 Å². The zero-order chi connectivity index (χ0) is 19.0. The van der Waals surface area contributed by atoms with Gasteiger partial charge in [-0.15, -0.1) is 12.4 Å². The average Bonchev–Trinajstić information content (AvgIpc) is 3.51. The van der Waals surface area contributed by atoms with Crippen LogP contribution in [0.3, 0.4) is 0 Å². The van der Waals surface area contributed by atoms with Crippen molar-refractivity contribution in [1.29, 1.82) is 0 Å². The number of fused-ring (bicyclic) bond motifs is 2. The smallest absolute Gasteiger partial charge is 0.228 e. The van der Waals surface area contributed by atoms with E-state index in [0.717, 1.165) is 25.7 Å². The summed E-state index contributed by atoms with van der Waals surface area (Å²) in [5.74, 6) is 1.29. The van der Waals surface area contributed by atoms with Crippen molar-refractivity contribution in [1.82, 2.24) is 15.8 Å². The summed E-state index contributed by atoms with van der Waals surface area (Å²) in [7, 11) is 0. The fourth-order valence-electron chi connectivity index (χ4n) is 4.76. The maximum Gasteiger partial charge on any atom is 0.228 e. The molecule has 6 nitrogen and oxygen atoms in total. The zero-order valence-electron chi connectivity index (χ0n) is 16.0. The van der Waals surface area contributed by atoms with Gasteiger partial charge in [0.05, 0.1) is 18.2 Å². The molecule has 1 aromatic carbocycles. The highest BCUT2D eigenvalue weighted by molar-refractivity contribution is 5.85. The van der Waals surface area contributed by atoms with Crippen LogP contribution in [-0.2, 0) is 17.8 Å². The standard InChI is InChI=1S/C22H23N3O3.ClH/c26-21(23-14-17-11-19(28-25-17)18-7-4-10-27-18)22(12-15-5-2-1-3-6-15)13-16-8-9-20(22)24-16;/h1-7,10-11,16,20,24H,8-9,12-14H2,(H,23,26);1H/t16-,20+,22+;/m0./s1. The van der Waals surface area contributed by atoms with Crippen LogP contribution in [0.15, 0.2) is 63.7 Å². The number of benzene rings is 1. The van der Waals surface area contributed by atoms with Gasteiger partial charge in [-0.05, 0) is 43.4 Å². The number of carbonyl (C=O) groups excluding carboxylic acids is 1. The van der Waals surface area contributed by atoms with E-state index in [1.807, 2.05) is 30.3 Å². The third-order valence-corrected chi connectivity index (χ3v) is 6.09. The zero-order valence-corrected chi connectivity index (χ0v) is 16.8. The molecular formula is C22H24ClN3O3. The van der Waals surface area contributed by atoms with Crippen LogP contribution in [0, 0.1) is 5.41 Å². The van der Waals surface area contributed by atoms with Crippen LogP contribution in [0.25, 0.3) is 11.5 Å². The van der Waals surface area contributed by atoms with E-state index < -0.39 is 5.41 Å². The van der Waals surface area contributed by atoms with E-state index >= 15 is 0 Å². The molecule has 2 aliphatic rings. The first-order chi connectivity index (χ1) is 13.7. The molecule has 2 aromatic heterocycles. The number of carbonyl (C=O) groups is 1. The lowest BCUT2D eigenvalue weighted by Gasteiger charge is -2.35. The van der Waals surface area contributed by atoms with E-state index in [-0.39, 0.29) is 24.4 Å². The van der Waals surface area contributed by atoms with Gasteiger partial charge in [0.25, 0.3) is 0 Å². The largest absolute Gasteiger partial charge is 0.461 e. The summed E-state index contributed by atoms with van der Waals surface area (Å²) in [6.07, 6.45) is 5.44. The molecule has 2 aliphatic heterocycles. The Labute approximate surface area is 175 Å². The normalized spacial score (nSPS) is 25.0. The van der Waals surface area contributed by atoms with Crippen LogP contribution >= 0.6 is 12.4 Å². The SMILES string of the molecule is Cl.O=C(NCc1cc(-c2ccco2)on1)[C@]1(Cc2ccccc2)C[C@@H]2CC[C@H]1N2. The van der Waals surface area contributed by atoms with Gasteiger partial charge >= 0.3 is 0 Å². The molecule has 0 spiro atoms. The highest BCUT2D eigenvalue weighted by atomic mass is 35.5. The lowest BCUT2D eigenvalue weighted by Crippen LogP contribution is -2.49. The van der Waals surface area contributed by atoms with Gasteiger partial charge in [-0.25, -0.2) is 0 Å². The van der Waals surface area contributed by atoms with Crippen molar-refractivity contribution in [2.45, 2.75) is 44.3 Å². The monoisotopic (exact) mass is 413 g/mol. The fraction of sp³-hybridized carbons (Fsp3) is 0.364. The van der Waals surface area contributed by atoms with Crippen LogP contribution < -0.4 is 10.6 Å². The first-order valence-corrected chi connectivity index (χ1v) is 9.81. The second-order valence-electron chi connectivity index (χ2n) is 7.86. The van der Waals surface area contributed by atoms with Gasteiger partial charge in [-0.1, -0.05) is 35.5 Å². The maximum atomic E-state index is 13.3. The van der Waals surface area contributed by atoms with Crippen LogP contribution in [0.2, 0.25) is 0 Å². The molecule has 3 atom stereocenters. The Balaban J connectivity index is 0.00000205. The summed E-state index contributed by atoms with van der Waals surface area (Å²) in [5.41, 5.74) is 1.48. The van der Waals surface area contributed by atoms with Crippen molar-refractivity contribution in [2.75, 3.05) is 0 Å². The molecular weight excluding hydrogens is 390 g/mol. The van der Waals surface area contributed by atoms with E-state index in [0.29, 0.717) is 29.8 Å². The number of aromatic nitrogens is 1. The molecule has 2 saturated heterocycles. The molecule has 3 aromatic rings. The van der Waals surface area contributed by atoms with Gasteiger partial charge in [-0.3, -0.25) is 4.79 Å². The van der Waals surface area contributed by atoms with E-state index in [1.54, 1.807) is 12.3 Å². The predicted octanol–water partition coefficient (Wildman–Crippen LogP) is 3.73. The second-order valence-corrected chi connectivity index (χ2v) is 7.86. The average molecular weight is 414 g/mol. The molecule has 7 heteroatoms. The Kier molecular flexibility index (Phi) is 5.48. The van der Waals surface area contributed by atoms with E-state index in [4.69, 9.17) is 8.94 Å².